The van der Waals surface area contributed by atoms with Crippen LogP contribution < -0.4 is 35.3 Å². The minimum absolute atomic E-state index is 0. The molecule has 1 heterocycles. The van der Waals surface area contributed by atoms with Crippen LogP contribution in [0.3, 0.4) is 0 Å². The number of fused-ring (bicyclic) bond motifs is 1. The highest BCUT2D eigenvalue weighted by atomic mass is 35.5. The monoisotopic (exact) mass is 258 g/mol. The Balaban J connectivity index is 0.00000112. The van der Waals surface area contributed by atoms with Gasteiger partial charge in [-0.2, -0.15) is 0 Å². The van der Waals surface area contributed by atoms with E-state index in [0.717, 1.165) is 16.7 Å². The van der Waals surface area contributed by atoms with Crippen LogP contribution in [0.15, 0.2) is 36.5 Å². The Hall–Kier alpha value is -1.03. The van der Waals surface area contributed by atoms with Gasteiger partial charge in [-0.05, 0) is 12.1 Å². The van der Waals surface area contributed by atoms with Gasteiger partial charge in [0.05, 0.1) is 0 Å². The molecule has 0 radical (unpaired) electrons. The number of nitrogens with two attached hydrogens (primary N) is 1. The van der Waals surface area contributed by atoms with Crippen molar-refractivity contribution >= 4 is 10.9 Å². The van der Waals surface area contributed by atoms with E-state index in [2.05, 4.69) is 4.98 Å². The van der Waals surface area contributed by atoms with Crippen molar-refractivity contribution < 1.29 is 29.6 Å². The summed E-state index contributed by atoms with van der Waals surface area (Å²) in [4.78, 5) is 4.27. The quantitative estimate of drug-likeness (QED) is 0.605. The third kappa shape index (κ3) is 3.23. The summed E-state index contributed by atoms with van der Waals surface area (Å²) in [5, 5.41) is 1.09. The second-order valence-electron chi connectivity index (χ2n) is 2.97. The van der Waals surface area contributed by atoms with Gasteiger partial charge in [0.1, 0.15) is 17.9 Å². The van der Waals surface area contributed by atoms with Gasteiger partial charge in [0.25, 0.3) is 0 Å². The molecule has 0 fully saturated rings. The van der Waals surface area contributed by atoms with Crippen LogP contribution in [0.25, 0.3) is 10.9 Å². The zero-order valence-electron chi connectivity index (χ0n) is 8.57. The van der Waals surface area contributed by atoms with Crippen LogP contribution in [0.4, 0.5) is 0 Å². The SMILES string of the molecule is NCCOc1cccc2cccnc12.[Cl-].[Cl-]. The fourth-order valence-corrected chi connectivity index (χ4v) is 1.36. The van der Waals surface area contributed by atoms with Crippen LogP contribution in [0.1, 0.15) is 0 Å². The summed E-state index contributed by atoms with van der Waals surface area (Å²) in [6, 6.07) is 9.80. The first-order chi connectivity index (χ1) is 6.92. The van der Waals surface area contributed by atoms with E-state index in [0.29, 0.717) is 13.2 Å². The lowest BCUT2D eigenvalue weighted by atomic mass is 10.2. The van der Waals surface area contributed by atoms with E-state index in [1.165, 1.54) is 0 Å². The molecule has 1 aromatic carbocycles. The van der Waals surface area contributed by atoms with Gasteiger partial charge in [0, 0.05) is 18.1 Å². The number of benzene rings is 1. The largest absolute Gasteiger partial charge is 1.00 e. The van der Waals surface area contributed by atoms with E-state index < -0.39 is 0 Å². The molecule has 2 rings (SSSR count). The van der Waals surface area contributed by atoms with Crippen LogP contribution in [-0.2, 0) is 0 Å². The molecule has 0 saturated heterocycles. The number of halogens is 2. The molecule has 0 aliphatic rings. The molecule has 0 atom stereocenters. The van der Waals surface area contributed by atoms with Crippen LogP contribution in [0.5, 0.6) is 5.75 Å². The molecule has 0 saturated carbocycles. The molecule has 5 heteroatoms. The summed E-state index contributed by atoms with van der Waals surface area (Å²) in [7, 11) is 0. The lowest BCUT2D eigenvalue weighted by Crippen LogP contribution is -3.00. The van der Waals surface area contributed by atoms with E-state index in [1.54, 1.807) is 6.20 Å². The molecule has 16 heavy (non-hydrogen) atoms. The van der Waals surface area contributed by atoms with Gasteiger partial charge < -0.3 is 35.3 Å². The highest BCUT2D eigenvalue weighted by molar-refractivity contribution is 5.84. The molecule has 3 nitrogen and oxygen atoms in total. The average molecular weight is 259 g/mol. The van der Waals surface area contributed by atoms with E-state index in [4.69, 9.17) is 10.5 Å². The summed E-state index contributed by atoms with van der Waals surface area (Å²) in [5.74, 6) is 0.800. The normalized spacial score (nSPS) is 9.06. The van der Waals surface area contributed by atoms with Crippen molar-refractivity contribution in [2.45, 2.75) is 0 Å². The lowest BCUT2D eigenvalue weighted by molar-refractivity contribution is -0.001000. The molecule has 0 bridgehead atoms. The Morgan fingerprint density at radius 3 is 2.62 bits per heavy atom. The zero-order valence-corrected chi connectivity index (χ0v) is 10.1. The van der Waals surface area contributed by atoms with Gasteiger partial charge in [0.2, 0.25) is 0 Å². The van der Waals surface area contributed by atoms with E-state index in [1.807, 2.05) is 30.3 Å². The van der Waals surface area contributed by atoms with Crippen molar-refractivity contribution in [3.63, 3.8) is 0 Å². The molecule has 0 aliphatic heterocycles. The van der Waals surface area contributed by atoms with Crippen molar-refractivity contribution in [3.8, 4) is 5.75 Å². The average Bonchev–Trinajstić information content (AvgIpc) is 2.26. The first kappa shape index (κ1) is 15.0. The fourth-order valence-electron chi connectivity index (χ4n) is 1.36. The minimum atomic E-state index is 0. The summed E-state index contributed by atoms with van der Waals surface area (Å²) in [6.07, 6.45) is 1.76. The van der Waals surface area contributed by atoms with Gasteiger partial charge in [-0.25, -0.2) is 0 Å². The first-order valence-corrected chi connectivity index (χ1v) is 4.58. The number of hydrogen-bond donors (Lipinski definition) is 1. The van der Waals surface area contributed by atoms with Gasteiger partial charge in [-0.15, -0.1) is 0 Å². The number of pyridine rings is 1. The van der Waals surface area contributed by atoms with Crippen molar-refractivity contribution in [3.05, 3.63) is 36.5 Å². The summed E-state index contributed by atoms with van der Waals surface area (Å²) >= 11 is 0. The van der Waals surface area contributed by atoms with Crippen molar-refractivity contribution in [2.24, 2.45) is 5.73 Å². The Bertz CT molecular complexity index is 432. The summed E-state index contributed by atoms with van der Waals surface area (Å²) < 4.78 is 5.48. The van der Waals surface area contributed by atoms with Crippen LogP contribution in [-0.4, -0.2) is 18.1 Å². The highest BCUT2D eigenvalue weighted by Gasteiger charge is 2.00. The number of para-hydroxylation sites is 1. The van der Waals surface area contributed by atoms with Crippen molar-refractivity contribution in [2.75, 3.05) is 13.2 Å². The van der Waals surface area contributed by atoms with E-state index >= 15 is 0 Å². The second kappa shape index (κ2) is 7.28. The Kier molecular flexibility index (Phi) is 6.81. The molecule has 0 unspecified atom stereocenters. The maximum Gasteiger partial charge on any atom is 0.145 e. The topological polar surface area (TPSA) is 48.1 Å². The second-order valence-corrected chi connectivity index (χ2v) is 2.97. The fraction of sp³-hybridized carbons (Fsp3) is 0.182. The van der Waals surface area contributed by atoms with Gasteiger partial charge in [-0.1, -0.05) is 18.2 Å². The van der Waals surface area contributed by atoms with Crippen LogP contribution in [0, 0.1) is 0 Å². The lowest BCUT2D eigenvalue weighted by Gasteiger charge is -2.06. The Morgan fingerprint density at radius 2 is 1.88 bits per heavy atom. The maximum atomic E-state index is 5.48. The minimum Gasteiger partial charge on any atom is -1.00 e. The summed E-state index contributed by atoms with van der Waals surface area (Å²) in [5.41, 5.74) is 6.27. The predicted molar refractivity (Wildman–Crippen MR) is 56.3 cm³/mol. The number of hydrogen-bond acceptors (Lipinski definition) is 3. The molecule has 88 valence electrons. The van der Waals surface area contributed by atoms with Crippen LogP contribution >= 0.6 is 0 Å². The number of aromatic nitrogens is 1. The predicted octanol–water partition coefficient (Wildman–Crippen LogP) is -4.42. The third-order valence-electron chi connectivity index (χ3n) is 1.97. The molecule has 0 aliphatic carbocycles. The van der Waals surface area contributed by atoms with Crippen molar-refractivity contribution in [1.82, 2.24) is 4.98 Å². The summed E-state index contributed by atoms with van der Waals surface area (Å²) in [6.45, 7) is 1.04. The standard InChI is InChI=1S/C11H12N2O.2ClH/c12-6-8-14-10-5-1-3-9-4-2-7-13-11(9)10;;/h1-5,7H,6,8,12H2;2*1H/p-2. The zero-order chi connectivity index (χ0) is 9.80. The first-order valence-electron chi connectivity index (χ1n) is 4.58. The van der Waals surface area contributed by atoms with Gasteiger partial charge >= 0.3 is 0 Å². The highest BCUT2D eigenvalue weighted by Crippen LogP contribution is 2.22. The molecule has 2 N–H and O–H groups in total. The van der Waals surface area contributed by atoms with Crippen molar-refractivity contribution in [1.29, 1.82) is 0 Å². The molecule has 0 amide bonds. The molecular weight excluding hydrogens is 247 g/mol. The van der Waals surface area contributed by atoms with Gasteiger partial charge in [0.15, 0.2) is 0 Å². The number of rotatable bonds is 3. The molecule has 1 aromatic heterocycles. The van der Waals surface area contributed by atoms with E-state index in [-0.39, 0.29) is 24.8 Å². The molecular formula is C11H12Cl2N2O-2. The Morgan fingerprint density at radius 1 is 1.12 bits per heavy atom. The Labute approximate surface area is 107 Å². The molecule has 2 aromatic rings. The smallest absolute Gasteiger partial charge is 0.145 e. The number of ether oxygens (including phenoxy) is 1. The maximum absolute atomic E-state index is 5.48. The number of nitrogens with zero attached hydrogens (tertiary/aromatic N) is 1. The third-order valence-corrected chi connectivity index (χ3v) is 1.97. The van der Waals surface area contributed by atoms with Crippen LogP contribution in [0.2, 0.25) is 0 Å². The molecule has 0 spiro atoms. The van der Waals surface area contributed by atoms with E-state index in [9.17, 15) is 0 Å². The van der Waals surface area contributed by atoms with Gasteiger partial charge in [-0.3, -0.25) is 4.98 Å².